The van der Waals surface area contributed by atoms with Gasteiger partial charge in [-0.1, -0.05) is 55.8 Å². The van der Waals surface area contributed by atoms with Crippen molar-refractivity contribution in [2.75, 3.05) is 31.1 Å². The van der Waals surface area contributed by atoms with Crippen LogP contribution in [-0.4, -0.2) is 43.5 Å². The number of piperazine rings is 1. The molecule has 5 rings (SSSR count). The molecule has 0 amide bonds. The smallest absolute Gasteiger partial charge is 0.268 e. The number of aromatic nitrogens is 1. The predicted molar refractivity (Wildman–Crippen MR) is 146 cm³/mol. The second-order valence-electron chi connectivity index (χ2n) is 9.00. The van der Waals surface area contributed by atoms with E-state index in [0.29, 0.717) is 10.4 Å². The van der Waals surface area contributed by atoms with Crippen molar-refractivity contribution < 1.29 is 8.42 Å². The van der Waals surface area contributed by atoms with E-state index in [1.807, 2.05) is 30.3 Å². The molecule has 3 aromatic carbocycles. The largest absolute Gasteiger partial charge is 0.369 e. The lowest BCUT2D eigenvalue weighted by Gasteiger charge is -2.36. The highest BCUT2D eigenvalue weighted by Gasteiger charge is 2.21. The number of nitrogens with zero attached hydrogens (tertiary/aromatic N) is 3. The average molecular weight is 510 g/mol. The molecule has 1 aromatic heterocycles. The molecule has 35 heavy (non-hydrogen) atoms. The van der Waals surface area contributed by atoms with Crippen LogP contribution in [0.1, 0.15) is 24.5 Å². The van der Waals surface area contributed by atoms with Gasteiger partial charge in [-0.3, -0.25) is 4.90 Å². The van der Waals surface area contributed by atoms with Crippen LogP contribution in [-0.2, 0) is 23.0 Å². The van der Waals surface area contributed by atoms with Crippen LogP contribution < -0.4 is 4.90 Å². The SMILES string of the molecule is CCCc1ccc(S(=O)(=O)n2ccc3cc(N4CCN(Cc5ccccc5)CC4)ccc32)cc1.Cl. The average Bonchev–Trinajstić information content (AvgIpc) is 3.30. The van der Waals surface area contributed by atoms with E-state index < -0.39 is 10.0 Å². The Bertz CT molecular complexity index is 1360. The number of anilines is 1. The van der Waals surface area contributed by atoms with E-state index in [0.717, 1.165) is 62.2 Å². The number of rotatable bonds is 7. The van der Waals surface area contributed by atoms with Crippen LogP contribution >= 0.6 is 12.4 Å². The third kappa shape index (κ3) is 5.40. The van der Waals surface area contributed by atoms with Gasteiger partial charge in [-0.05, 0) is 53.9 Å². The molecule has 1 fully saturated rings. The van der Waals surface area contributed by atoms with Crippen molar-refractivity contribution in [3.63, 3.8) is 0 Å². The van der Waals surface area contributed by atoms with Crippen LogP contribution in [0.5, 0.6) is 0 Å². The Labute approximate surface area is 214 Å². The fourth-order valence-corrected chi connectivity index (χ4v) is 6.10. The lowest BCUT2D eigenvalue weighted by molar-refractivity contribution is 0.250. The van der Waals surface area contributed by atoms with Gasteiger partial charge >= 0.3 is 0 Å². The summed E-state index contributed by atoms with van der Waals surface area (Å²) in [4.78, 5) is 5.20. The zero-order chi connectivity index (χ0) is 23.5. The molecule has 1 aliphatic heterocycles. The molecule has 1 saturated heterocycles. The first-order valence-corrected chi connectivity index (χ1v) is 13.5. The van der Waals surface area contributed by atoms with Gasteiger partial charge in [-0.25, -0.2) is 12.4 Å². The summed E-state index contributed by atoms with van der Waals surface area (Å²) >= 11 is 0. The van der Waals surface area contributed by atoms with Crippen molar-refractivity contribution in [3.8, 4) is 0 Å². The Kier molecular flexibility index (Phi) is 7.85. The second kappa shape index (κ2) is 10.9. The minimum Gasteiger partial charge on any atom is -0.369 e. The van der Waals surface area contributed by atoms with Gasteiger partial charge in [0.2, 0.25) is 0 Å². The molecule has 0 bridgehead atoms. The zero-order valence-electron chi connectivity index (χ0n) is 20.0. The summed E-state index contributed by atoms with van der Waals surface area (Å²) in [5, 5.41) is 0.940. The van der Waals surface area contributed by atoms with Crippen LogP contribution in [0.15, 0.2) is 90.0 Å². The van der Waals surface area contributed by atoms with Crippen LogP contribution in [0.3, 0.4) is 0 Å². The van der Waals surface area contributed by atoms with Crippen molar-refractivity contribution >= 4 is 39.0 Å². The maximum Gasteiger partial charge on any atom is 0.268 e. The maximum absolute atomic E-state index is 13.3. The zero-order valence-corrected chi connectivity index (χ0v) is 21.6. The minimum absolute atomic E-state index is 0. The molecule has 184 valence electrons. The Hall–Kier alpha value is -2.80. The van der Waals surface area contributed by atoms with E-state index >= 15 is 0 Å². The molecule has 0 atom stereocenters. The number of aryl methyl sites for hydroxylation is 1. The summed E-state index contributed by atoms with van der Waals surface area (Å²) in [5.74, 6) is 0. The summed E-state index contributed by atoms with van der Waals surface area (Å²) in [6, 6.07) is 25.8. The van der Waals surface area contributed by atoms with Crippen molar-refractivity contribution in [1.82, 2.24) is 8.87 Å². The third-order valence-electron chi connectivity index (χ3n) is 6.64. The van der Waals surface area contributed by atoms with Gasteiger partial charge < -0.3 is 4.90 Å². The highest BCUT2D eigenvalue weighted by molar-refractivity contribution is 7.90. The summed E-state index contributed by atoms with van der Waals surface area (Å²) < 4.78 is 28.0. The van der Waals surface area contributed by atoms with Gasteiger partial charge in [0.25, 0.3) is 10.0 Å². The Morgan fingerprint density at radius 1 is 0.800 bits per heavy atom. The summed E-state index contributed by atoms with van der Waals surface area (Å²) in [5.41, 5.74) is 4.36. The molecule has 0 unspecified atom stereocenters. The number of hydrogen-bond donors (Lipinski definition) is 0. The standard InChI is InChI=1S/C28H31N3O2S.ClH/c1-2-6-23-9-12-27(13-10-23)34(32,33)31-16-15-25-21-26(11-14-28(25)31)30-19-17-29(18-20-30)22-24-7-4-3-5-8-24;/h3-5,7-16,21H,2,6,17-20,22H2,1H3;1H. The normalized spacial score (nSPS) is 14.7. The quantitative estimate of drug-likeness (QED) is 0.326. The topological polar surface area (TPSA) is 45.6 Å². The van der Waals surface area contributed by atoms with E-state index in [9.17, 15) is 8.42 Å². The Balaban J connectivity index is 0.00000289. The molecule has 0 spiro atoms. The van der Waals surface area contributed by atoms with Gasteiger partial charge in [0.05, 0.1) is 10.4 Å². The van der Waals surface area contributed by atoms with Crippen LogP contribution in [0.2, 0.25) is 0 Å². The predicted octanol–water partition coefficient (Wildman–Crippen LogP) is 5.57. The number of halogens is 1. The molecule has 0 saturated carbocycles. The van der Waals surface area contributed by atoms with E-state index in [-0.39, 0.29) is 12.4 Å². The first-order chi connectivity index (χ1) is 16.5. The van der Waals surface area contributed by atoms with E-state index in [4.69, 9.17) is 0 Å². The molecule has 0 radical (unpaired) electrons. The molecular weight excluding hydrogens is 478 g/mol. The Morgan fingerprint density at radius 2 is 1.51 bits per heavy atom. The number of hydrogen-bond acceptors (Lipinski definition) is 4. The van der Waals surface area contributed by atoms with Crippen LogP contribution in [0.4, 0.5) is 5.69 Å². The first kappa shape index (κ1) is 25.3. The molecular formula is C28H32ClN3O2S. The lowest BCUT2D eigenvalue weighted by atomic mass is 10.1. The van der Waals surface area contributed by atoms with Gasteiger partial charge in [0, 0.05) is 50.0 Å². The lowest BCUT2D eigenvalue weighted by Crippen LogP contribution is -2.45. The van der Waals surface area contributed by atoms with Crippen molar-refractivity contribution in [2.24, 2.45) is 0 Å². The fraction of sp³-hybridized carbons (Fsp3) is 0.286. The van der Waals surface area contributed by atoms with Gasteiger partial charge in [0.1, 0.15) is 0 Å². The van der Waals surface area contributed by atoms with Gasteiger partial charge in [0.15, 0.2) is 0 Å². The van der Waals surface area contributed by atoms with Crippen molar-refractivity contribution in [2.45, 2.75) is 31.2 Å². The van der Waals surface area contributed by atoms with Crippen LogP contribution in [0, 0.1) is 0 Å². The summed E-state index contributed by atoms with van der Waals surface area (Å²) in [7, 11) is -3.63. The fourth-order valence-electron chi connectivity index (χ4n) is 4.75. The van der Waals surface area contributed by atoms with E-state index in [1.54, 1.807) is 18.3 Å². The highest BCUT2D eigenvalue weighted by atomic mass is 35.5. The van der Waals surface area contributed by atoms with E-state index in [2.05, 4.69) is 53.1 Å². The number of fused-ring (bicyclic) bond motifs is 1. The second-order valence-corrected chi connectivity index (χ2v) is 10.8. The van der Waals surface area contributed by atoms with Crippen molar-refractivity contribution in [1.29, 1.82) is 0 Å². The van der Waals surface area contributed by atoms with Crippen molar-refractivity contribution in [3.05, 3.63) is 96.2 Å². The number of benzene rings is 3. The molecule has 7 heteroatoms. The molecule has 5 nitrogen and oxygen atoms in total. The molecule has 1 aliphatic rings. The molecule has 4 aromatic rings. The van der Waals surface area contributed by atoms with Gasteiger partial charge in [-0.2, -0.15) is 0 Å². The molecule has 0 N–H and O–H groups in total. The van der Waals surface area contributed by atoms with Crippen LogP contribution in [0.25, 0.3) is 10.9 Å². The molecule has 2 heterocycles. The third-order valence-corrected chi connectivity index (χ3v) is 8.35. The Morgan fingerprint density at radius 3 is 2.20 bits per heavy atom. The highest BCUT2D eigenvalue weighted by Crippen LogP contribution is 2.27. The van der Waals surface area contributed by atoms with E-state index in [1.165, 1.54) is 9.54 Å². The summed E-state index contributed by atoms with van der Waals surface area (Å²) in [6.07, 6.45) is 3.66. The first-order valence-electron chi connectivity index (χ1n) is 12.0. The monoisotopic (exact) mass is 509 g/mol. The minimum atomic E-state index is -3.63. The summed E-state index contributed by atoms with van der Waals surface area (Å²) in [6.45, 7) is 7.04. The van der Waals surface area contributed by atoms with Gasteiger partial charge in [-0.15, -0.1) is 12.4 Å². The maximum atomic E-state index is 13.3. The molecule has 0 aliphatic carbocycles.